The van der Waals surface area contributed by atoms with Crippen LogP contribution in [0.5, 0.6) is 0 Å². The summed E-state index contributed by atoms with van der Waals surface area (Å²) in [5.74, 6) is 0. The van der Waals surface area contributed by atoms with Gasteiger partial charge >= 0.3 is 0 Å². The standard InChI is InChI=1S/C21H42N2O/c22-18-10-3-1-2-4-14-20(15-7-5-11-18)24-21-16-8-6-12-19(23)13-9-17-21/h18-21H,1-17,22-23H2. The Bertz CT molecular complexity index is 310. The van der Waals surface area contributed by atoms with E-state index in [-0.39, 0.29) is 0 Å². The Kier molecular flexibility index (Phi) is 10.3. The van der Waals surface area contributed by atoms with Gasteiger partial charge in [0.2, 0.25) is 0 Å². The largest absolute Gasteiger partial charge is 0.375 e. The molecule has 0 aromatic rings. The minimum absolute atomic E-state index is 0.425. The summed E-state index contributed by atoms with van der Waals surface area (Å²) >= 11 is 0. The summed E-state index contributed by atoms with van der Waals surface area (Å²) in [6.07, 6.45) is 22.5. The molecule has 0 bridgehead atoms. The highest BCUT2D eigenvalue weighted by Crippen LogP contribution is 2.24. The van der Waals surface area contributed by atoms with E-state index in [4.69, 9.17) is 16.2 Å². The zero-order chi connectivity index (χ0) is 17.0. The topological polar surface area (TPSA) is 61.3 Å². The molecule has 3 nitrogen and oxygen atoms in total. The Labute approximate surface area is 150 Å². The van der Waals surface area contributed by atoms with Gasteiger partial charge in [0.25, 0.3) is 0 Å². The van der Waals surface area contributed by atoms with E-state index in [9.17, 15) is 0 Å². The summed E-state index contributed by atoms with van der Waals surface area (Å²) in [6, 6.07) is 0.858. The molecular formula is C21H42N2O. The summed E-state index contributed by atoms with van der Waals surface area (Å²) < 4.78 is 6.62. The molecule has 0 aromatic heterocycles. The van der Waals surface area contributed by atoms with Crippen molar-refractivity contribution in [2.45, 2.75) is 133 Å². The maximum atomic E-state index is 6.62. The van der Waals surface area contributed by atoms with Crippen molar-refractivity contribution in [2.75, 3.05) is 0 Å². The maximum Gasteiger partial charge on any atom is 0.0579 e. The van der Waals surface area contributed by atoms with Gasteiger partial charge < -0.3 is 16.2 Å². The molecule has 0 amide bonds. The lowest BCUT2D eigenvalue weighted by Crippen LogP contribution is -2.24. The predicted octanol–water partition coefficient (Wildman–Crippen LogP) is 5.05. The molecule has 0 spiro atoms. The Hall–Kier alpha value is -0.120. The van der Waals surface area contributed by atoms with Crippen LogP contribution in [0, 0.1) is 0 Å². The van der Waals surface area contributed by atoms with E-state index in [1.165, 1.54) is 109 Å². The molecule has 2 rings (SSSR count). The molecule has 2 aliphatic carbocycles. The number of ether oxygens (including phenoxy) is 1. The van der Waals surface area contributed by atoms with Crippen LogP contribution in [0.15, 0.2) is 0 Å². The smallest absolute Gasteiger partial charge is 0.0579 e. The molecule has 24 heavy (non-hydrogen) atoms. The van der Waals surface area contributed by atoms with E-state index in [0.717, 1.165) is 0 Å². The van der Waals surface area contributed by atoms with Crippen LogP contribution >= 0.6 is 0 Å². The van der Waals surface area contributed by atoms with E-state index < -0.39 is 0 Å². The second-order valence-corrected chi connectivity index (χ2v) is 8.39. The van der Waals surface area contributed by atoms with E-state index in [2.05, 4.69) is 0 Å². The SMILES string of the molecule is NC1CCCCCCC(OC2CCCCC(N)CCC2)CCCC1. The van der Waals surface area contributed by atoms with Gasteiger partial charge in [0.1, 0.15) is 0 Å². The minimum atomic E-state index is 0.425. The van der Waals surface area contributed by atoms with Crippen molar-refractivity contribution in [2.24, 2.45) is 11.5 Å². The first-order valence-corrected chi connectivity index (χ1v) is 10.9. The van der Waals surface area contributed by atoms with Gasteiger partial charge in [-0.3, -0.25) is 0 Å². The first kappa shape index (κ1) is 20.2. The van der Waals surface area contributed by atoms with Crippen molar-refractivity contribution < 1.29 is 4.74 Å². The monoisotopic (exact) mass is 338 g/mol. The molecule has 0 aromatic carbocycles. The number of rotatable bonds is 2. The molecule has 0 aliphatic heterocycles. The Morgan fingerprint density at radius 3 is 1.29 bits per heavy atom. The van der Waals surface area contributed by atoms with Gasteiger partial charge in [0.15, 0.2) is 0 Å². The Morgan fingerprint density at radius 1 is 0.417 bits per heavy atom. The highest BCUT2D eigenvalue weighted by atomic mass is 16.5. The molecule has 142 valence electrons. The molecule has 0 saturated heterocycles. The van der Waals surface area contributed by atoms with E-state index >= 15 is 0 Å². The third-order valence-electron chi connectivity index (χ3n) is 6.04. The molecule has 2 fully saturated rings. The second-order valence-electron chi connectivity index (χ2n) is 8.39. The summed E-state index contributed by atoms with van der Waals surface area (Å²) in [4.78, 5) is 0. The lowest BCUT2D eigenvalue weighted by Gasteiger charge is -2.26. The van der Waals surface area contributed by atoms with Gasteiger partial charge in [0.05, 0.1) is 12.2 Å². The molecule has 2 aliphatic rings. The first-order valence-electron chi connectivity index (χ1n) is 10.9. The van der Waals surface area contributed by atoms with Crippen molar-refractivity contribution in [1.82, 2.24) is 0 Å². The highest BCUT2D eigenvalue weighted by Gasteiger charge is 2.19. The molecule has 4 atom stereocenters. The fourth-order valence-electron chi connectivity index (χ4n) is 4.42. The summed E-state index contributed by atoms with van der Waals surface area (Å²) in [5.41, 5.74) is 12.4. The Balaban J connectivity index is 1.77. The van der Waals surface area contributed by atoms with Crippen LogP contribution in [0.4, 0.5) is 0 Å². The van der Waals surface area contributed by atoms with Crippen molar-refractivity contribution >= 4 is 0 Å². The summed E-state index contributed by atoms with van der Waals surface area (Å²) in [5, 5.41) is 0. The van der Waals surface area contributed by atoms with Crippen LogP contribution < -0.4 is 11.5 Å². The lowest BCUT2D eigenvalue weighted by atomic mass is 9.97. The fourth-order valence-corrected chi connectivity index (χ4v) is 4.42. The summed E-state index contributed by atoms with van der Waals surface area (Å²) in [6.45, 7) is 0. The average molecular weight is 339 g/mol. The summed E-state index contributed by atoms with van der Waals surface area (Å²) in [7, 11) is 0. The zero-order valence-electron chi connectivity index (χ0n) is 15.9. The molecule has 4 unspecified atom stereocenters. The van der Waals surface area contributed by atoms with Gasteiger partial charge in [-0.2, -0.15) is 0 Å². The molecule has 0 radical (unpaired) electrons. The van der Waals surface area contributed by atoms with Crippen molar-refractivity contribution in [3.63, 3.8) is 0 Å². The third-order valence-corrected chi connectivity index (χ3v) is 6.04. The highest BCUT2D eigenvalue weighted by molar-refractivity contribution is 4.72. The maximum absolute atomic E-state index is 6.62. The Morgan fingerprint density at radius 2 is 0.750 bits per heavy atom. The van der Waals surface area contributed by atoms with Crippen LogP contribution in [0.1, 0.15) is 109 Å². The van der Waals surface area contributed by atoms with E-state index in [0.29, 0.717) is 24.3 Å². The lowest BCUT2D eigenvalue weighted by molar-refractivity contribution is -0.0318. The van der Waals surface area contributed by atoms with Gasteiger partial charge in [-0.05, 0) is 57.8 Å². The second kappa shape index (κ2) is 12.3. The number of nitrogens with two attached hydrogens (primary N) is 2. The van der Waals surface area contributed by atoms with Crippen molar-refractivity contribution in [3.05, 3.63) is 0 Å². The zero-order valence-corrected chi connectivity index (χ0v) is 15.9. The van der Waals surface area contributed by atoms with E-state index in [1.807, 2.05) is 0 Å². The third kappa shape index (κ3) is 8.82. The van der Waals surface area contributed by atoms with Crippen LogP contribution in [0.25, 0.3) is 0 Å². The normalized spacial score (nSPS) is 35.8. The first-order chi connectivity index (χ1) is 11.7. The van der Waals surface area contributed by atoms with Crippen LogP contribution in [0.3, 0.4) is 0 Å². The number of hydrogen-bond donors (Lipinski definition) is 2. The van der Waals surface area contributed by atoms with Crippen LogP contribution in [0.2, 0.25) is 0 Å². The quantitative estimate of drug-likeness (QED) is 0.740. The average Bonchev–Trinajstić information content (AvgIpc) is 2.65. The molecule has 0 heterocycles. The predicted molar refractivity (Wildman–Crippen MR) is 103 cm³/mol. The van der Waals surface area contributed by atoms with Crippen molar-refractivity contribution in [1.29, 1.82) is 0 Å². The molecular weight excluding hydrogens is 296 g/mol. The molecule has 2 saturated carbocycles. The minimum Gasteiger partial charge on any atom is -0.375 e. The van der Waals surface area contributed by atoms with Gasteiger partial charge in [-0.25, -0.2) is 0 Å². The molecule has 4 N–H and O–H groups in total. The van der Waals surface area contributed by atoms with Gasteiger partial charge in [-0.15, -0.1) is 0 Å². The van der Waals surface area contributed by atoms with Crippen LogP contribution in [-0.4, -0.2) is 24.3 Å². The van der Waals surface area contributed by atoms with Crippen LogP contribution in [-0.2, 0) is 4.74 Å². The van der Waals surface area contributed by atoms with E-state index in [1.54, 1.807) is 0 Å². The van der Waals surface area contributed by atoms with Crippen molar-refractivity contribution in [3.8, 4) is 0 Å². The number of hydrogen-bond acceptors (Lipinski definition) is 3. The van der Waals surface area contributed by atoms with Gasteiger partial charge in [0, 0.05) is 12.1 Å². The molecule has 3 heteroatoms. The fraction of sp³-hybridized carbons (Fsp3) is 1.00. The van der Waals surface area contributed by atoms with Gasteiger partial charge in [-0.1, -0.05) is 51.4 Å².